The molecule has 156 valence electrons. The highest BCUT2D eigenvalue weighted by molar-refractivity contribution is 5.78. The molecule has 31 heavy (non-hydrogen) atoms. The van der Waals surface area contributed by atoms with Crippen LogP contribution in [0.5, 0.6) is 5.75 Å². The molecule has 0 aliphatic heterocycles. The number of halogens is 3. The van der Waals surface area contributed by atoms with Crippen LogP contribution < -0.4 is 10.1 Å². The first kappa shape index (κ1) is 20.2. The van der Waals surface area contributed by atoms with Gasteiger partial charge in [0.2, 0.25) is 0 Å². The standard InChI is InChI=1S/C21H15F3N6O/c1-13(15-3-2-4-16(8-15)31-21(22,23)24)28-19-10-26-11-20(29-19)30-12-27-17-7-14(9-25)5-6-18(17)30/h2-8,10-13H,1H3,(H,28,29). The second-order valence-corrected chi connectivity index (χ2v) is 6.68. The molecule has 0 saturated heterocycles. The Balaban J connectivity index is 1.57. The van der Waals surface area contributed by atoms with E-state index in [1.165, 1.54) is 24.4 Å². The van der Waals surface area contributed by atoms with Crippen molar-refractivity contribution in [2.75, 3.05) is 5.32 Å². The van der Waals surface area contributed by atoms with E-state index in [2.05, 4.69) is 31.1 Å². The summed E-state index contributed by atoms with van der Waals surface area (Å²) in [4.78, 5) is 13.0. The molecular formula is C21H15F3N6O. The Morgan fingerprint density at radius 3 is 2.77 bits per heavy atom. The van der Waals surface area contributed by atoms with Crippen molar-refractivity contribution in [2.24, 2.45) is 0 Å². The number of nitriles is 1. The maximum Gasteiger partial charge on any atom is 0.573 e. The Bertz CT molecular complexity index is 1280. The molecule has 7 nitrogen and oxygen atoms in total. The number of anilines is 1. The highest BCUT2D eigenvalue weighted by Crippen LogP contribution is 2.27. The molecule has 0 bridgehead atoms. The van der Waals surface area contributed by atoms with Crippen molar-refractivity contribution < 1.29 is 17.9 Å². The van der Waals surface area contributed by atoms with E-state index in [0.29, 0.717) is 28.3 Å². The molecule has 1 N–H and O–H groups in total. The zero-order valence-electron chi connectivity index (χ0n) is 16.1. The van der Waals surface area contributed by atoms with Crippen LogP contribution in [0.3, 0.4) is 0 Å². The lowest BCUT2D eigenvalue weighted by Gasteiger charge is -2.17. The molecule has 0 spiro atoms. The normalized spacial score (nSPS) is 12.4. The summed E-state index contributed by atoms with van der Waals surface area (Å²) in [6.07, 6.45) is -0.0897. The highest BCUT2D eigenvalue weighted by atomic mass is 19.4. The summed E-state index contributed by atoms with van der Waals surface area (Å²) in [7, 11) is 0. The minimum absolute atomic E-state index is 0.292. The average molecular weight is 424 g/mol. The molecule has 0 fully saturated rings. The number of rotatable bonds is 5. The van der Waals surface area contributed by atoms with Gasteiger partial charge in [-0.25, -0.2) is 9.97 Å². The first-order valence-electron chi connectivity index (χ1n) is 9.14. The molecule has 1 atom stereocenters. The number of aromatic nitrogens is 4. The summed E-state index contributed by atoms with van der Waals surface area (Å²) < 4.78 is 43.1. The van der Waals surface area contributed by atoms with Crippen molar-refractivity contribution in [3.63, 3.8) is 0 Å². The summed E-state index contributed by atoms with van der Waals surface area (Å²) in [6, 6.07) is 12.6. The Labute approximate surface area is 174 Å². The predicted octanol–water partition coefficient (Wildman–Crippen LogP) is 4.76. The number of benzene rings is 2. The molecule has 2 aromatic heterocycles. The quantitative estimate of drug-likeness (QED) is 0.497. The van der Waals surface area contributed by atoms with Gasteiger partial charge < -0.3 is 10.1 Å². The van der Waals surface area contributed by atoms with Crippen LogP contribution in [-0.4, -0.2) is 25.9 Å². The summed E-state index contributed by atoms with van der Waals surface area (Å²) in [5.74, 6) is 0.640. The molecule has 1 unspecified atom stereocenters. The first-order valence-corrected chi connectivity index (χ1v) is 9.14. The Morgan fingerprint density at radius 2 is 2.00 bits per heavy atom. The summed E-state index contributed by atoms with van der Waals surface area (Å²) in [5.41, 5.74) is 2.50. The molecule has 0 amide bonds. The lowest BCUT2D eigenvalue weighted by Crippen LogP contribution is -2.17. The lowest BCUT2D eigenvalue weighted by molar-refractivity contribution is -0.274. The van der Waals surface area contributed by atoms with Gasteiger partial charge in [-0.05, 0) is 42.8 Å². The maximum atomic E-state index is 12.5. The fourth-order valence-electron chi connectivity index (χ4n) is 3.09. The molecule has 0 radical (unpaired) electrons. The van der Waals surface area contributed by atoms with Crippen LogP contribution in [0.1, 0.15) is 24.1 Å². The number of imidazole rings is 1. The van der Waals surface area contributed by atoms with E-state index < -0.39 is 6.36 Å². The van der Waals surface area contributed by atoms with Crippen molar-refractivity contribution in [1.29, 1.82) is 5.26 Å². The number of alkyl halides is 3. The van der Waals surface area contributed by atoms with E-state index in [-0.39, 0.29) is 11.8 Å². The Kier molecular flexibility index (Phi) is 5.17. The van der Waals surface area contributed by atoms with Crippen molar-refractivity contribution in [1.82, 2.24) is 19.5 Å². The first-order chi connectivity index (χ1) is 14.8. The van der Waals surface area contributed by atoms with Gasteiger partial charge in [0.25, 0.3) is 0 Å². The average Bonchev–Trinajstić information content (AvgIpc) is 3.16. The number of nitrogens with one attached hydrogen (secondary N) is 1. The fraction of sp³-hybridized carbons (Fsp3) is 0.143. The topological polar surface area (TPSA) is 88.7 Å². The van der Waals surface area contributed by atoms with E-state index in [1.807, 2.05) is 0 Å². The zero-order valence-corrected chi connectivity index (χ0v) is 16.1. The van der Waals surface area contributed by atoms with Crippen LogP contribution in [0.15, 0.2) is 61.2 Å². The SMILES string of the molecule is CC(Nc1cncc(-n2cnc3cc(C#N)ccc32)n1)c1cccc(OC(F)(F)F)c1. The van der Waals surface area contributed by atoms with Gasteiger partial charge in [-0.15, -0.1) is 13.2 Å². The summed E-state index contributed by atoms with van der Waals surface area (Å²) in [5, 5.41) is 12.2. The third-order valence-electron chi connectivity index (χ3n) is 4.50. The minimum atomic E-state index is -4.75. The number of nitrogens with zero attached hydrogens (tertiary/aromatic N) is 5. The van der Waals surface area contributed by atoms with Gasteiger partial charge in [0.15, 0.2) is 5.82 Å². The molecule has 0 saturated carbocycles. The molecule has 0 aliphatic rings. The van der Waals surface area contributed by atoms with Crippen LogP contribution in [0.4, 0.5) is 19.0 Å². The molecular weight excluding hydrogens is 409 g/mol. The third kappa shape index (κ3) is 4.56. The van der Waals surface area contributed by atoms with Crippen LogP contribution in [0.25, 0.3) is 16.9 Å². The van der Waals surface area contributed by atoms with Crippen molar-refractivity contribution >= 4 is 16.9 Å². The van der Waals surface area contributed by atoms with Crippen molar-refractivity contribution in [2.45, 2.75) is 19.3 Å². The van der Waals surface area contributed by atoms with E-state index in [0.717, 1.165) is 5.52 Å². The molecule has 4 aromatic rings. The van der Waals surface area contributed by atoms with Gasteiger partial charge in [0.05, 0.1) is 41.1 Å². The van der Waals surface area contributed by atoms with Crippen LogP contribution >= 0.6 is 0 Å². The van der Waals surface area contributed by atoms with Gasteiger partial charge in [0, 0.05) is 0 Å². The number of hydrogen-bond acceptors (Lipinski definition) is 6. The van der Waals surface area contributed by atoms with Gasteiger partial charge in [-0.2, -0.15) is 5.26 Å². The smallest absolute Gasteiger partial charge is 0.406 e. The van der Waals surface area contributed by atoms with Crippen LogP contribution in [-0.2, 0) is 0 Å². The largest absolute Gasteiger partial charge is 0.573 e. The van der Waals surface area contributed by atoms with E-state index >= 15 is 0 Å². The lowest BCUT2D eigenvalue weighted by atomic mass is 10.1. The van der Waals surface area contributed by atoms with Gasteiger partial charge in [-0.1, -0.05) is 12.1 Å². The maximum absolute atomic E-state index is 12.5. The van der Waals surface area contributed by atoms with Crippen molar-refractivity contribution in [3.8, 4) is 17.6 Å². The van der Waals surface area contributed by atoms with Gasteiger partial charge >= 0.3 is 6.36 Å². The highest BCUT2D eigenvalue weighted by Gasteiger charge is 2.31. The molecule has 10 heteroatoms. The fourth-order valence-corrected chi connectivity index (χ4v) is 3.09. The second-order valence-electron chi connectivity index (χ2n) is 6.68. The predicted molar refractivity (Wildman–Crippen MR) is 107 cm³/mol. The molecule has 0 aliphatic carbocycles. The molecule has 2 aromatic carbocycles. The summed E-state index contributed by atoms with van der Waals surface area (Å²) >= 11 is 0. The number of ether oxygens (including phenoxy) is 1. The third-order valence-corrected chi connectivity index (χ3v) is 4.50. The minimum Gasteiger partial charge on any atom is -0.406 e. The van der Waals surface area contributed by atoms with E-state index in [4.69, 9.17) is 5.26 Å². The monoisotopic (exact) mass is 424 g/mol. The Morgan fingerprint density at radius 1 is 1.16 bits per heavy atom. The second kappa shape index (κ2) is 7.95. The molecule has 4 rings (SSSR count). The molecule has 2 heterocycles. The van der Waals surface area contributed by atoms with Gasteiger partial charge in [-0.3, -0.25) is 9.55 Å². The van der Waals surface area contributed by atoms with E-state index in [9.17, 15) is 13.2 Å². The zero-order chi connectivity index (χ0) is 22.0. The summed E-state index contributed by atoms with van der Waals surface area (Å²) in [6.45, 7) is 1.79. The number of fused-ring (bicyclic) bond motifs is 1. The van der Waals surface area contributed by atoms with Crippen LogP contribution in [0, 0.1) is 11.3 Å². The Hall–Kier alpha value is -4.13. The number of hydrogen-bond donors (Lipinski definition) is 1. The van der Waals surface area contributed by atoms with Crippen molar-refractivity contribution in [3.05, 3.63) is 72.3 Å². The van der Waals surface area contributed by atoms with Gasteiger partial charge in [0.1, 0.15) is 17.9 Å². The van der Waals surface area contributed by atoms with Crippen LogP contribution in [0.2, 0.25) is 0 Å². The van der Waals surface area contributed by atoms with E-state index in [1.54, 1.807) is 48.3 Å².